The molecule has 0 radical (unpaired) electrons. The number of aliphatic carboxylic acids is 1. The minimum Gasteiger partial charge on any atom is -0.481 e. The van der Waals surface area contributed by atoms with Crippen LogP contribution in [0.2, 0.25) is 5.02 Å². The fourth-order valence-corrected chi connectivity index (χ4v) is 1.73. The lowest BCUT2D eigenvalue weighted by Gasteiger charge is -1.92. The average molecular weight is 275 g/mol. The van der Waals surface area contributed by atoms with Gasteiger partial charge in [0.2, 0.25) is 0 Å². The van der Waals surface area contributed by atoms with Crippen molar-refractivity contribution in [2.24, 2.45) is 0 Å². The number of aromatic nitrogens is 2. The number of carboxylic acid groups (broad SMARTS) is 1. The molecule has 17 heavy (non-hydrogen) atoms. The quantitative estimate of drug-likeness (QED) is 0.901. The molecule has 0 bridgehead atoms. The second-order valence-corrected chi connectivity index (χ2v) is 4.03. The number of aromatic amines is 1. The third-order valence-electron chi connectivity index (χ3n) is 2.30. The van der Waals surface area contributed by atoms with Crippen molar-refractivity contribution in [3.8, 4) is 0 Å². The topological polar surface area (TPSA) is 66.0 Å². The predicted molar refractivity (Wildman–Crippen MR) is 68.9 cm³/mol. The molecule has 2 rings (SSSR count). The molecule has 0 amide bonds. The minimum atomic E-state index is -0.779. The van der Waals surface area contributed by atoms with Crippen LogP contribution in [-0.2, 0) is 11.2 Å². The summed E-state index contributed by atoms with van der Waals surface area (Å²) in [5.41, 5.74) is 1.74. The summed E-state index contributed by atoms with van der Waals surface area (Å²) in [5.74, 6) is 0.0256. The Morgan fingerprint density at radius 1 is 1.47 bits per heavy atom. The molecule has 6 heteroatoms. The Bertz CT molecular complexity index is 525. The Kier molecular flexibility index (Phi) is 4.78. The van der Waals surface area contributed by atoms with Crippen molar-refractivity contribution in [2.75, 3.05) is 0 Å². The molecule has 0 saturated heterocycles. The van der Waals surface area contributed by atoms with Crippen molar-refractivity contribution in [1.82, 2.24) is 9.97 Å². The first kappa shape index (κ1) is 13.8. The van der Waals surface area contributed by atoms with Gasteiger partial charge in [-0.25, -0.2) is 4.98 Å². The van der Waals surface area contributed by atoms with Crippen LogP contribution in [0.5, 0.6) is 0 Å². The molecule has 0 unspecified atom stereocenters. The lowest BCUT2D eigenvalue weighted by atomic mass is 10.2. The Morgan fingerprint density at radius 2 is 2.24 bits per heavy atom. The average Bonchev–Trinajstić information content (AvgIpc) is 2.58. The summed E-state index contributed by atoms with van der Waals surface area (Å²) in [7, 11) is 0. The number of fused-ring (bicyclic) bond motifs is 1. The van der Waals surface area contributed by atoms with Crippen molar-refractivity contribution in [2.45, 2.75) is 19.3 Å². The number of hydrogen-bond acceptors (Lipinski definition) is 2. The van der Waals surface area contributed by atoms with Gasteiger partial charge in [-0.1, -0.05) is 11.6 Å². The maximum atomic E-state index is 10.4. The lowest BCUT2D eigenvalue weighted by molar-refractivity contribution is -0.137. The number of imidazole rings is 1. The van der Waals surface area contributed by atoms with E-state index in [1.807, 2.05) is 12.1 Å². The van der Waals surface area contributed by atoms with E-state index in [4.69, 9.17) is 16.7 Å². The molecule has 0 fully saturated rings. The Morgan fingerprint density at radius 3 is 2.94 bits per heavy atom. The highest BCUT2D eigenvalue weighted by Crippen LogP contribution is 2.17. The van der Waals surface area contributed by atoms with E-state index < -0.39 is 5.97 Å². The molecule has 0 aliphatic heterocycles. The van der Waals surface area contributed by atoms with E-state index >= 15 is 0 Å². The van der Waals surface area contributed by atoms with Crippen molar-refractivity contribution in [3.05, 3.63) is 29.0 Å². The molecular weight excluding hydrogens is 263 g/mol. The maximum absolute atomic E-state index is 10.4. The van der Waals surface area contributed by atoms with Gasteiger partial charge in [-0.2, -0.15) is 0 Å². The van der Waals surface area contributed by atoms with Crippen LogP contribution >= 0.6 is 24.0 Å². The normalized spacial score (nSPS) is 10.2. The summed E-state index contributed by atoms with van der Waals surface area (Å²) in [6.07, 6.45) is 1.39. The van der Waals surface area contributed by atoms with E-state index in [1.54, 1.807) is 6.07 Å². The second-order valence-electron chi connectivity index (χ2n) is 3.59. The third-order valence-corrected chi connectivity index (χ3v) is 2.53. The van der Waals surface area contributed by atoms with E-state index in [0.29, 0.717) is 17.9 Å². The number of nitrogens with one attached hydrogen (secondary N) is 1. The molecule has 0 aliphatic rings. The summed E-state index contributed by atoms with van der Waals surface area (Å²) < 4.78 is 0. The molecule has 92 valence electrons. The van der Waals surface area contributed by atoms with Crippen molar-refractivity contribution < 1.29 is 9.90 Å². The van der Waals surface area contributed by atoms with Gasteiger partial charge in [0.05, 0.1) is 11.0 Å². The molecule has 1 aromatic heterocycles. The zero-order valence-corrected chi connectivity index (χ0v) is 10.5. The molecule has 2 aromatic rings. The van der Waals surface area contributed by atoms with Gasteiger partial charge in [0.25, 0.3) is 0 Å². The van der Waals surface area contributed by atoms with Gasteiger partial charge < -0.3 is 10.1 Å². The van der Waals surface area contributed by atoms with Crippen molar-refractivity contribution >= 4 is 41.0 Å². The number of nitrogens with zero attached hydrogens (tertiary/aromatic N) is 1. The number of halogens is 2. The fraction of sp³-hybridized carbons (Fsp3) is 0.273. The van der Waals surface area contributed by atoms with Gasteiger partial charge in [-0.15, -0.1) is 12.4 Å². The molecule has 0 aliphatic carbocycles. The number of hydrogen-bond donors (Lipinski definition) is 2. The van der Waals surface area contributed by atoms with Crippen LogP contribution in [-0.4, -0.2) is 21.0 Å². The van der Waals surface area contributed by atoms with E-state index in [-0.39, 0.29) is 18.8 Å². The summed E-state index contributed by atoms with van der Waals surface area (Å²) >= 11 is 5.85. The largest absolute Gasteiger partial charge is 0.481 e. The number of aryl methyl sites for hydroxylation is 1. The fourth-order valence-electron chi connectivity index (χ4n) is 1.56. The summed E-state index contributed by atoms with van der Waals surface area (Å²) in [4.78, 5) is 17.8. The highest BCUT2D eigenvalue weighted by molar-refractivity contribution is 6.31. The molecular formula is C11H12Cl2N2O2. The van der Waals surface area contributed by atoms with Crippen LogP contribution in [0.25, 0.3) is 11.0 Å². The second kappa shape index (κ2) is 5.89. The van der Waals surface area contributed by atoms with E-state index in [0.717, 1.165) is 16.9 Å². The molecule has 0 spiro atoms. The van der Waals surface area contributed by atoms with Gasteiger partial charge in [0.1, 0.15) is 5.82 Å². The number of H-pyrrole nitrogens is 1. The first-order chi connectivity index (χ1) is 7.65. The van der Waals surface area contributed by atoms with Gasteiger partial charge >= 0.3 is 5.97 Å². The zero-order chi connectivity index (χ0) is 11.5. The molecule has 2 N–H and O–H groups in total. The van der Waals surface area contributed by atoms with Crippen molar-refractivity contribution in [3.63, 3.8) is 0 Å². The number of rotatable bonds is 4. The van der Waals surface area contributed by atoms with Crippen LogP contribution in [0.4, 0.5) is 0 Å². The molecule has 1 heterocycles. The first-order valence-electron chi connectivity index (χ1n) is 5.01. The monoisotopic (exact) mass is 274 g/mol. The van der Waals surface area contributed by atoms with Crippen LogP contribution in [0.1, 0.15) is 18.7 Å². The summed E-state index contributed by atoms with van der Waals surface area (Å²) in [6, 6.07) is 5.44. The summed E-state index contributed by atoms with van der Waals surface area (Å²) in [6.45, 7) is 0. The highest BCUT2D eigenvalue weighted by Gasteiger charge is 2.04. The summed E-state index contributed by atoms with van der Waals surface area (Å²) in [5, 5.41) is 9.18. The zero-order valence-electron chi connectivity index (χ0n) is 8.94. The van der Waals surface area contributed by atoms with Crippen LogP contribution in [0, 0.1) is 0 Å². The maximum Gasteiger partial charge on any atom is 0.303 e. The standard InChI is InChI=1S/C11H11ClN2O2.ClH/c12-7-4-5-8-9(6-7)14-10(13-8)2-1-3-11(15)16;/h4-6H,1-3H2,(H,13,14)(H,15,16);1H. The van der Waals surface area contributed by atoms with Gasteiger partial charge in [0.15, 0.2) is 0 Å². The smallest absolute Gasteiger partial charge is 0.303 e. The van der Waals surface area contributed by atoms with Gasteiger partial charge in [0, 0.05) is 17.9 Å². The Labute approximate surface area is 109 Å². The molecule has 4 nitrogen and oxygen atoms in total. The molecule has 1 aromatic carbocycles. The number of carbonyl (C=O) groups is 1. The number of benzene rings is 1. The molecule has 0 saturated carbocycles. The molecule has 0 atom stereocenters. The number of carboxylic acids is 1. The Balaban J connectivity index is 0.00000144. The third kappa shape index (κ3) is 3.61. The van der Waals surface area contributed by atoms with Gasteiger partial charge in [-0.05, 0) is 24.6 Å². The highest BCUT2D eigenvalue weighted by atomic mass is 35.5. The van der Waals surface area contributed by atoms with Gasteiger partial charge in [-0.3, -0.25) is 4.79 Å². The SMILES string of the molecule is Cl.O=C(O)CCCc1nc2ccc(Cl)cc2[nH]1. The van der Waals surface area contributed by atoms with E-state index in [9.17, 15) is 4.79 Å². The lowest BCUT2D eigenvalue weighted by Crippen LogP contribution is -1.96. The van der Waals surface area contributed by atoms with Crippen LogP contribution < -0.4 is 0 Å². The minimum absolute atomic E-state index is 0. The first-order valence-corrected chi connectivity index (χ1v) is 5.39. The van der Waals surface area contributed by atoms with Crippen LogP contribution in [0.3, 0.4) is 0 Å². The predicted octanol–water partition coefficient (Wildman–Crippen LogP) is 3.05. The Hall–Kier alpha value is -1.26. The van der Waals surface area contributed by atoms with Crippen LogP contribution in [0.15, 0.2) is 18.2 Å². The van der Waals surface area contributed by atoms with Crippen molar-refractivity contribution in [1.29, 1.82) is 0 Å². The van der Waals surface area contributed by atoms with E-state index in [1.165, 1.54) is 0 Å². The van der Waals surface area contributed by atoms with E-state index in [2.05, 4.69) is 9.97 Å².